The molecule has 3 aromatic heterocycles. The summed E-state index contributed by atoms with van der Waals surface area (Å²) in [5, 5.41) is 14.0. The van der Waals surface area contributed by atoms with Crippen LogP contribution in [-0.2, 0) is 13.1 Å². The number of carbonyl (C=O) groups excluding carboxylic acids is 3. The summed E-state index contributed by atoms with van der Waals surface area (Å²) in [7, 11) is 0. The number of nitrogens with two attached hydrogens (primary N) is 3. The van der Waals surface area contributed by atoms with Gasteiger partial charge in [-0.2, -0.15) is 5.10 Å². The number of allylic oxidation sites excluding steroid dienone is 1. The number of amides is 3. The van der Waals surface area contributed by atoms with Crippen molar-refractivity contribution in [1.82, 2.24) is 34.5 Å². The summed E-state index contributed by atoms with van der Waals surface area (Å²) < 4.78 is 9.48. The molecule has 2 atom stereocenters. The van der Waals surface area contributed by atoms with Gasteiger partial charge in [-0.3, -0.25) is 28.9 Å². The zero-order chi connectivity index (χ0) is 35.4. The minimum Gasteiger partial charge on any atom is -0.491 e. The van der Waals surface area contributed by atoms with Crippen LogP contribution in [0.3, 0.4) is 0 Å². The zero-order valence-corrected chi connectivity index (χ0v) is 28.3. The van der Waals surface area contributed by atoms with Gasteiger partial charge in [0.15, 0.2) is 5.65 Å². The van der Waals surface area contributed by atoms with Gasteiger partial charge in [0.25, 0.3) is 5.91 Å². The predicted molar refractivity (Wildman–Crippen MR) is 190 cm³/mol. The highest BCUT2D eigenvalue weighted by molar-refractivity contribution is 6.03. The van der Waals surface area contributed by atoms with Crippen molar-refractivity contribution >= 4 is 46.2 Å². The number of nitrogens with zero attached hydrogens (tertiary/aromatic N) is 6. The molecule has 2 saturated heterocycles. The second kappa shape index (κ2) is 15.0. The van der Waals surface area contributed by atoms with Crippen molar-refractivity contribution in [3.05, 3.63) is 65.1 Å². The molecule has 264 valence electrons. The molecule has 4 aromatic rings. The number of hydrogen-bond donors (Lipinski definition) is 6. The lowest BCUT2D eigenvalue weighted by atomic mass is 10.0. The molecule has 2 unspecified atom stereocenters. The Morgan fingerprint density at radius 3 is 2.54 bits per heavy atom. The van der Waals surface area contributed by atoms with Crippen LogP contribution < -0.4 is 37.9 Å². The highest BCUT2D eigenvalue weighted by Crippen LogP contribution is 2.33. The fourth-order valence-corrected chi connectivity index (χ4v) is 6.66. The summed E-state index contributed by atoms with van der Waals surface area (Å²) in [5.74, 6) is 0.558. The Labute approximate surface area is 289 Å². The Morgan fingerprint density at radius 1 is 1.06 bits per heavy atom. The number of aromatic nitrogens is 5. The van der Waals surface area contributed by atoms with Crippen LogP contribution in [0.25, 0.3) is 11.2 Å². The molecule has 6 rings (SSSR count). The highest BCUT2D eigenvalue weighted by Gasteiger charge is 2.35. The van der Waals surface area contributed by atoms with E-state index >= 15 is 0 Å². The molecule has 0 spiro atoms. The van der Waals surface area contributed by atoms with E-state index in [1.54, 1.807) is 21.4 Å². The number of hydrogen-bond acceptors (Lipinski definition) is 11. The highest BCUT2D eigenvalue weighted by atomic mass is 16.5. The topological polar surface area (TPSA) is 226 Å². The van der Waals surface area contributed by atoms with E-state index in [1.807, 2.05) is 26.0 Å². The molecule has 3 amide bonds. The predicted octanol–water partition coefficient (Wildman–Crippen LogP) is 1.58. The number of primary amides is 2. The number of benzene rings is 1. The summed E-state index contributed by atoms with van der Waals surface area (Å²) in [6.45, 7) is 10.7. The Bertz CT molecular complexity index is 1920. The fourth-order valence-electron chi connectivity index (χ4n) is 6.66. The minimum absolute atomic E-state index is 0.202. The van der Waals surface area contributed by atoms with E-state index in [-0.39, 0.29) is 29.5 Å². The van der Waals surface area contributed by atoms with Crippen LogP contribution in [0.2, 0.25) is 0 Å². The number of ether oxygens (including phenoxy) is 1. The van der Waals surface area contributed by atoms with Crippen LogP contribution in [0.15, 0.2) is 42.6 Å². The van der Waals surface area contributed by atoms with Crippen molar-refractivity contribution in [2.24, 2.45) is 23.3 Å². The summed E-state index contributed by atoms with van der Waals surface area (Å²) in [5.41, 5.74) is 20.7. The lowest BCUT2D eigenvalue weighted by Crippen LogP contribution is -2.27. The average molecular weight is 685 g/mol. The van der Waals surface area contributed by atoms with E-state index < -0.39 is 11.8 Å². The molecule has 2 aliphatic heterocycles. The van der Waals surface area contributed by atoms with Crippen molar-refractivity contribution in [2.75, 3.05) is 62.2 Å². The maximum absolute atomic E-state index is 13.3. The van der Waals surface area contributed by atoms with E-state index in [2.05, 4.69) is 35.9 Å². The lowest BCUT2D eigenvalue weighted by molar-refractivity contribution is 0.0991. The van der Waals surface area contributed by atoms with Crippen molar-refractivity contribution in [2.45, 2.75) is 33.4 Å². The monoisotopic (exact) mass is 684 g/mol. The zero-order valence-electron chi connectivity index (χ0n) is 28.3. The van der Waals surface area contributed by atoms with Gasteiger partial charge in [-0.25, -0.2) is 9.97 Å². The summed E-state index contributed by atoms with van der Waals surface area (Å²) >= 11 is 0. The van der Waals surface area contributed by atoms with E-state index in [0.29, 0.717) is 59.4 Å². The van der Waals surface area contributed by atoms with Gasteiger partial charge in [0.05, 0.1) is 23.6 Å². The molecular formula is C34H44N12O4. The van der Waals surface area contributed by atoms with Crippen LogP contribution in [0.5, 0.6) is 5.75 Å². The van der Waals surface area contributed by atoms with E-state index in [9.17, 15) is 14.4 Å². The molecule has 0 aliphatic carbocycles. The minimum atomic E-state index is -0.634. The molecule has 2 aliphatic rings. The number of likely N-dealkylation sites (tertiary alicyclic amines) is 1. The molecule has 5 heterocycles. The third kappa shape index (κ3) is 7.55. The van der Waals surface area contributed by atoms with Gasteiger partial charge < -0.3 is 37.5 Å². The molecule has 1 aromatic carbocycles. The first-order valence-electron chi connectivity index (χ1n) is 16.8. The number of carbonyl (C=O) groups is 3. The normalized spacial score (nSPS) is 17.4. The molecule has 50 heavy (non-hydrogen) atoms. The van der Waals surface area contributed by atoms with Crippen molar-refractivity contribution in [3.63, 3.8) is 0 Å². The van der Waals surface area contributed by atoms with Crippen molar-refractivity contribution in [1.29, 1.82) is 0 Å². The van der Waals surface area contributed by atoms with Gasteiger partial charge >= 0.3 is 0 Å². The number of aryl methyl sites for hydroxylation is 2. The van der Waals surface area contributed by atoms with E-state index in [4.69, 9.17) is 21.9 Å². The number of pyridine rings is 1. The lowest BCUT2D eigenvalue weighted by Gasteiger charge is -2.19. The number of nitrogens with one attached hydrogen (secondary N) is 3. The van der Waals surface area contributed by atoms with Crippen LogP contribution >= 0.6 is 0 Å². The van der Waals surface area contributed by atoms with Gasteiger partial charge in [-0.05, 0) is 69.5 Å². The Hall–Kier alpha value is -5.48. The van der Waals surface area contributed by atoms with Crippen LogP contribution in [0.4, 0.5) is 17.3 Å². The van der Waals surface area contributed by atoms with Crippen LogP contribution in [0, 0.1) is 18.8 Å². The third-order valence-electron chi connectivity index (χ3n) is 9.14. The molecule has 0 bridgehead atoms. The summed E-state index contributed by atoms with van der Waals surface area (Å²) in [6, 6.07) is 6.39. The third-order valence-corrected chi connectivity index (χ3v) is 9.14. The molecule has 16 nitrogen and oxygen atoms in total. The number of imidazole rings is 1. The summed E-state index contributed by atoms with van der Waals surface area (Å²) in [4.78, 5) is 48.5. The van der Waals surface area contributed by atoms with Crippen LogP contribution in [-0.4, -0.2) is 92.8 Å². The van der Waals surface area contributed by atoms with Gasteiger partial charge in [-0.15, -0.1) is 0 Å². The Kier molecular flexibility index (Phi) is 10.3. The Morgan fingerprint density at radius 2 is 1.82 bits per heavy atom. The molecule has 16 heteroatoms. The first-order valence-corrected chi connectivity index (χ1v) is 16.8. The number of nitrogen functional groups attached to an aromatic ring is 1. The number of rotatable bonds is 15. The number of fused-ring (bicyclic) bond motifs is 2. The van der Waals surface area contributed by atoms with Crippen LogP contribution in [0.1, 0.15) is 50.2 Å². The number of anilines is 3. The second-order valence-electron chi connectivity index (χ2n) is 12.7. The molecule has 9 N–H and O–H groups in total. The largest absolute Gasteiger partial charge is 0.491 e. The van der Waals surface area contributed by atoms with Gasteiger partial charge in [0.1, 0.15) is 22.6 Å². The van der Waals surface area contributed by atoms with E-state index in [1.165, 1.54) is 18.3 Å². The summed E-state index contributed by atoms with van der Waals surface area (Å²) in [6.07, 6.45) is 5.97. The van der Waals surface area contributed by atoms with E-state index in [0.717, 1.165) is 51.0 Å². The SMILES string of the molecule is CCn1nc(C)cc1C(=O)Nc1nc2cc(C(N)=O)cnc2n1C/C=C/CNc1c(N)cc(C(N)=O)cc1OCCCN1CC2CNCC2C1. The van der Waals surface area contributed by atoms with Crippen molar-refractivity contribution < 1.29 is 19.1 Å². The average Bonchev–Trinajstić information content (AvgIpc) is 3.86. The molecule has 0 radical (unpaired) electrons. The standard InChI is InChI=1S/C34H44N12O4/c1-3-46-27(11-20(2)43-46)33(49)42-34-41-26-13-22(31(37)48)17-40-32(26)45(34)9-5-4-7-39-29-25(35)12-21(30(36)47)14-28(29)50-10-6-8-44-18-23-15-38-16-24(23)19-44/h4-5,11-14,17,23-24,38-39H,3,6-10,15-16,18-19,35H2,1-2H3,(H2,36,47)(H2,37,48)(H,41,42,49)/b5-4+. The van der Waals surface area contributed by atoms with Gasteiger partial charge in [0.2, 0.25) is 17.8 Å². The quantitative estimate of drug-likeness (QED) is 0.0599. The second-order valence-corrected chi connectivity index (χ2v) is 12.7. The maximum atomic E-state index is 13.3. The Balaban J connectivity index is 1.13. The van der Waals surface area contributed by atoms with Crippen molar-refractivity contribution in [3.8, 4) is 5.75 Å². The smallest absolute Gasteiger partial charge is 0.276 e. The first kappa shape index (κ1) is 34.4. The fraction of sp³-hybridized carbons (Fsp3) is 0.412. The molecule has 2 fully saturated rings. The maximum Gasteiger partial charge on any atom is 0.276 e. The first-order chi connectivity index (χ1) is 24.1. The molecular weight excluding hydrogens is 640 g/mol. The molecule has 0 saturated carbocycles. The van der Waals surface area contributed by atoms with Gasteiger partial charge in [0, 0.05) is 51.0 Å². The van der Waals surface area contributed by atoms with Gasteiger partial charge in [-0.1, -0.05) is 12.2 Å².